The molecule has 0 heterocycles. The summed E-state index contributed by atoms with van der Waals surface area (Å²) in [5.74, 6) is 0.525. The van der Waals surface area contributed by atoms with E-state index in [2.05, 4.69) is 21.2 Å². The zero-order valence-electron chi connectivity index (χ0n) is 11.6. The van der Waals surface area contributed by atoms with Gasteiger partial charge in [0, 0.05) is 16.6 Å². The first-order valence-electron chi connectivity index (χ1n) is 6.30. The van der Waals surface area contributed by atoms with Crippen LogP contribution in [0.15, 0.2) is 22.7 Å². The minimum atomic E-state index is -0.206. The third-order valence-corrected chi connectivity index (χ3v) is 3.74. The zero-order chi connectivity index (χ0) is 14.5. The highest BCUT2D eigenvalue weighted by Crippen LogP contribution is 2.22. The van der Waals surface area contributed by atoms with Crippen molar-refractivity contribution in [3.05, 3.63) is 28.2 Å². The van der Waals surface area contributed by atoms with Gasteiger partial charge in [-0.05, 0) is 44.0 Å². The van der Waals surface area contributed by atoms with E-state index in [1.807, 2.05) is 39.0 Å². The van der Waals surface area contributed by atoms with Gasteiger partial charge in [-0.2, -0.15) is 0 Å². The Kier molecular flexibility index (Phi) is 5.82. The van der Waals surface area contributed by atoms with E-state index < -0.39 is 0 Å². The molecule has 0 aliphatic carbocycles. The van der Waals surface area contributed by atoms with E-state index in [1.165, 1.54) is 0 Å². The van der Waals surface area contributed by atoms with Crippen molar-refractivity contribution < 1.29 is 9.53 Å². The normalized spacial score (nSPS) is 11.2. The van der Waals surface area contributed by atoms with Crippen molar-refractivity contribution >= 4 is 21.8 Å². The number of hydrogen-bond acceptors (Lipinski definition) is 3. The van der Waals surface area contributed by atoms with Gasteiger partial charge in [0.25, 0.3) is 5.91 Å². The molecule has 0 radical (unpaired) electrons. The second-order valence-corrected chi connectivity index (χ2v) is 5.89. The van der Waals surface area contributed by atoms with Gasteiger partial charge < -0.3 is 15.8 Å². The smallest absolute Gasteiger partial charge is 0.258 e. The fraction of sp³-hybridized carbons (Fsp3) is 0.500. The molecular formula is C14H21BrN2O2. The van der Waals surface area contributed by atoms with Crippen LogP contribution in [-0.4, -0.2) is 18.1 Å². The minimum absolute atomic E-state index is 0.00900. The van der Waals surface area contributed by atoms with E-state index in [1.54, 1.807) is 0 Å². The topological polar surface area (TPSA) is 64.3 Å². The largest absolute Gasteiger partial charge is 0.484 e. The molecule has 1 amide bonds. The molecule has 3 N–H and O–H groups in total. The Bertz CT molecular complexity index is 447. The molecular weight excluding hydrogens is 308 g/mol. The molecule has 0 spiro atoms. The maximum atomic E-state index is 11.7. The molecule has 4 nitrogen and oxygen atoms in total. The quantitative estimate of drug-likeness (QED) is 0.843. The van der Waals surface area contributed by atoms with Gasteiger partial charge in [-0.25, -0.2) is 0 Å². The van der Waals surface area contributed by atoms with Gasteiger partial charge in [0.05, 0.1) is 0 Å². The Morgan fingerprint density at radius 3 is 2.74 bits per heavy atom. The van der Waals surface area contributed by atoms with E-state index in [0.717, 1.165) is 16.5 Å². The van der Waals surface area contributed by atoms with Crippen LogP contribution in [0.4, 0.5) is 0 Å². The van der Waals surface area contributed by atoms with Crippen LogP contribution >= 0.6 is 15.9 Å². The zero-order valence-corrected chi connectivity index (χ0v) is 13.2. The van der Waals surface area contributed by atoms with Gasteiger partial charge in [-0.3, -0.25) is 4.79 Å². The molecule has 0 saturated heterocycles. The number of carbonyl (C=O) groups is 1. The molecule has 1 aromatic carbocycles. The van der Waals surface area contributed by atoms with Gasteiger partial charge in [-0.1, -0.05) is 22.9 Å². The Balaban J connectivity index is 2.55. The van der Waals surface area contributed by atoms with Gasteiger partial charge in [0.2, 0.25) is 0 Å². The van der Waals surface area contributed by atoms with Crippen molar-refractivity contribution in [1.82, 2.24) is 5.32 Å². The van der Waals surface area contributed by atoms with Crippen LogP contribution < -0.4 is 15.8 Å². The van der Waals surface area contributed by atoms with Gasteiger partial charge in [0.1, 0.15) is 5.75 Å². The van der Waals surface area contributed by atoms with Crippen LogP contribution in [0.25, 0.3) is 0 Å². The van der Waals surface area contributed by atoms with Crippen LogP contribution in [0, 0.1) is 0 Å². The Labute approximate surface area is 122 Å². The van der Waals surface area contributed by atoms with E-state index >= 15 is 0 Å². The maximum absolute atomic E-state index is 11.7. The first kappa shape index (κ1) is 16.0. The van der Waals surface area contributed by atoms with Crippen molar-refractivity contribution in [1.29, 1.82) is 0 Å². The fourth-order valence-corrected chi connectivity index (χ4v) is 1.86. The van der Waals surface area contributed by atoms with Gasteiger partial charge >= 0.3 is 0 Å². The molecule has 0 aliphatic rings. The minimum Gasteiger partial charge on any atom is -0.484 e. The first-order chi connectivity index (χ1) is 8.88. The van der Waals surface area contributed by atoms with E-state index in [9.17, 15) is 4.79 Å². The Morgan fingerprint density at radius 1 is 1.47 bits per heavy atom. The summed E-state index contributed by atoms with van der Waals surface area (Å²) >= 11 is 3.40. The number of nitrogens with two attached hydrogens (primary N) is 1. The Morgan fingerprint density at radius 2 is 2.16 bits per heavy atom. The van der Waals surface area contributed by atoms with Crippen LogP contribution in [-0.2, 0) is 11.3 Å². The van der Waals surface area contributed by atoms with Crippen LogP contribution in [0.3, 0.4) is 0 Å². The number of ether oxygens (including phenoxy) is 1. The standard InChI is InChI=1S/C14H21BrN2O2/c1-4-14(2,3)17-13(18)9-19-11-5-6-12(15)10(7-11)8-16/h5-7H,4,8-9,16H2,1-3H3,(H,17,18). The number of nitrogens with one attached hydrogen (secondary N) is 1. The third kappa shape index (κ3) is 5.20. The number of rotatable bonds is 6. The lowest BCUT2D eigenvalue weighted by molar-refractivity contribution is -0.124. The predicted octanol–water partition coefficient (Wildman–Crippen LogP) is 2.59. The second kappa shape index (κ2) is 6.91. The predicted molar refractivity (Wildman–Crippen MR) is 80.0 cm³/mol. The molecule has 0 aliphatic heterocycles. The van der Waals surface area contributed by atoms with Crippen molar-refractivity contribution in [3.8, 4) is 5.75 Å². The average Bonchev–Trinajstić information content (AvgIpc) is 2.37. The van der Waals surface area contributed by atoms with Gasteiger partial charge in [-0.15, -0.1) is 0 Å². The van der Waals surface area contributed by atoms with Crippen LogP contribution in [0.5, 0.6) is 5.75 Å². The monoisotopic (exact) mass is 328 g/mol. The summed E-state index contributed by atoms with van der Waals surface area (Å²) in [5, 5.41) is 2.92. The summed E-state index contributed by atoms with van der Waals surface area (Å²) in [6, 6.07) is 5.51. The molecule has 19 heavy (non-hydrogen) atoms. The molecule has 0 aromatic heterocycles. The molecule has 0 atom stereocenters. The molecule has 0 bridgehead atoms. The number of benzene rings is 1. The molecule has 106 valence electrons. The number of hydrogen-bond donors (Lipinski definition) is 2. The summed E-state index contributed by atoms with van der Waals surface area (Å²) in [4.78, 5) is 11.7. The fourth-order valence-electron chi connectivity index (χ4n) is 1.45. The van der Waals surface area contributed by atoms with Crippen LogP contribution in [0.1, 0.15) is 32.8 Å². The van der Waals surface area contributed by atoms with E-state index in [4.69, 9.17) is 10.5 Å². The van der Waals surface area contributed by atoms with Crippen molar-refractivity contribution in [2.75, 3.05) is 6.61 Å². The van der Waals surface area contributed by atoms with E-state index in [0.29, 0.717) is 12.3 Å². The van der Waals surface area contributed by atoms with Crippen LogP contribution in [0.2, 0.25) is 0 Å². The lowest BCUT2D eigenvalue weighted by Crippen LogP contribution is -2.44. The molecule has 0 fully saturated rings. The van der Waals surface area contributed by atoms with Gasteiger partial charge in [0.15, 0.2) is 6.61 Å². The highest BCUT2D eigenvalue weighted by atomic mass is 79.9. The number of amides is 1. The second-order valence-electron chi connectivity index (χ2n) is 5.03. The third-order valence-electron chi connectivity index (χ3n) is 2.97. The summed E-state index contributed by atoms with van der Waals surface area (Å²) in [6.07, 6.45) is 0.869. The van der Waals surface area contributed by atoms with Crippen molar-refractivity contribution in [2.24, 2.45) is 5.73 Å². The van der Waals surface area contributed by atoms with Crippen molar-refractivity contribution in [2.45, 2.75) is 39.3 Å². The molecule has 0 unspecified atom stereocenters. The summed E-state index contributed by atoms with van der Waals surface area (Å²) in [6.45, 7) is 6.43. The first-order valence-corrected chi connectivity index (χ1v) is 7.09. The maximum Gasteiger partial charge on any atom is 0.258 e. The highest BCUT2D eigenvalue weighted by molar-refractivity contribution is 9.10. The molecule has 5 heteroatoms. The van der Waals surface area contributed by atoms with Crippen molar-refractivity contribution in [3.63, 3.8) is 0 Å². The number of carbonyl (C=O) groups excluding carboxylic acids is 1. The summed E-state index contributed by atoms with van der Waals surface area (Å²) < 4.78 is 6.41. The molecule has 0 saturated carbocycles. The SMILES string of the molecule is CCC(C)(C)NC(=O)COc1ccc(Br)c(CN)c1. The highest BCUT2D eigenvalue weighted by Gasteiger charge is 2.17. The lowest BCUT2D eigenvalue weighted by Gasteiger charge is -2.24. The Hall–Kier alpha value is -1.07. The number of halogens is 1. The average molecular weight is 329 g/mol. The van der Waals surface area contributed by atoms with E-state index in [-0.39, 0.29) is 18.1 Å². The molecule has 1 rings (SSSR count). The summed E-state index contributed by atoms with van der Waals surface area (Å²) in [5.41, 5.74) is 6.36. The molecule has 1 aromatic rings. The lowest BCUT2D eigenvalue weighted by atomic mass is 10.0. The summed E-state index contributed by atoms with van der Waals surface area (Å²) in [7, 11) is 0.